The first-order valence-electron chi connectivity index (χ1n) is 11.3. The topological polar surface area (TPSA) is 90.9 Å². The number of fused-ring (bicyclic) bond motifs is 3. The van der Waals surface area contributed by atoms with E-state index >= 15 is 0 Å². The maximum absolute atomic E-state index is 13.9. The molecule has 7 nitrogen and oxygen atoms in total. The van der Waals surface area contributed by atoms with Gasteiger partial charge in [0.2, 0.25) is 11.8 Å². The number of aliphatic hydroxyl groups excluding tert-OH is 1. The number of halogens is 1. The molecule has 31 heavy (non-hydrogen) atoms. The van der Waals surface area contributed by atoms with Crippen molar-refractivity contribution < 1.29 is 23.8 Å². The summed E-state index contributed by atoms with van der Waals surface area (Å²) in [4.78, 5) is 28.0. The number of hydrogen-bond donors (Lipinski definition) is 3. The Morgan fingerprint density at radius 2 is 2.16 bits per heavy atom. The van der Waals surface area contributed by atoms with Crippen molar-refractivity contribution in [2.45, 2.75) is 80.7 Å². The molecule has 3 fully saturated rings. The van der Waals surface area contributed by atoms with Crippen LogP contribution in [-0.2, 0) is 19.7 Å². The lowest BCUT2D eigenvalue weighted by molar-refractivity contribution is -0.127. The predicted molar refractivity (Wildman–Crippen MR) is 112 cm³/mol. The fourth-order valence-electron chi connectivity index (χ4n) is 6.14. The van der Waals surface area contributed by atoms with Gasteiger partial charge in [-0.05, 0) is 57.1 Å². The molecule has 5 atom stereocenters. The number of amides is 2. The number of para-hydroxylation sites is 1. The maximum atomic E-state index is 13.9. The molecule has 1 aliphatic carbocycles. The second-order valence-corrected chi connectivity index (χ2v) is 9.51. The molecule has 4 aliphatic rings. The van der Waals surface area contributed by atoms with Crippen LogP contribution in [0.15, 0.2) is 24.3 Å². The molecule has 3 aliphatic heterocycles. The third-order valence-electron chi connectivity index (χ3n) is 7.88. The van der Waals surface area contributed by atoms with Gasteiger partial charge < -0.3 is 15.2 Å². The summed E-state index contributed by atoms with van der Waals surface area (Å²) in [6, 6.07) is 6.76. The molecule has 168 valence electrons. The Kier molecular flexibility index (Phi) is 5.07. The minimum Gasteiger partial charge on any atom is -0.391 e. The van der Waals surface area contributed by atoms with Crippen molar-refractivity contribution >= 4 is 17.5 Å². The van der Waals surface area contributed by atoms with Crippen molar-refractivity contribution in [3.63, 3.8) is 0 Å². The molecule has 2 spiro atoms. The molecular weight excluding hydrogens is 401 g/mol. The zero-order valence-electron chi connectivity index (χ0n) is 17.8. The predicted octanol–water partition coefficient (Wildman–Crippen LogP) is 1.53. The minimum absolute atomic E-state index is 0.118. The number of benzene rings is 1. The van der Waals surface area contributed by atoms with Gasteiger partial charge in [0.1, 0.15) is 0 Å². The van der Waals surface area contributed by atoms with E-state index in [0.29, 0.717) is 25.1 Å². The quantitative estimate of drug-likeness (QED) is 0.629. The smallest absolute Gasteiger partial charge is 0.241 e. The van der Waals surface area contributed by atoms with E-state index in [-0.39, 0.29) is 24.0 Å². The largest absolute Gasteiger partial charge is 0.391 e. The molecule has 1 aromatic rings. The minimum atomic E-state index is -0.906. The summed E-state index contributed by atoms with van der Waals surface area (Å²) in [5.74, 6) is -0.379. The molecule has 5 rings (SSSR count). The Labute approximate surface area is 181 Å². The molecule has 0 bridgehead atoms. The summed E-state index contributed by atoms with van der Waals surface area (Å²) in [6.45, 7) is 1.21. The van der Waals surface area contributed by atoms with Crippen LogP contribution in [0.3, 0.4) is 0 Å². The van der Waals surface area contributed by atoms with Gasteiger partial charge in [-0.25, -0.2) is 4.39 Å². The van der Waals surface area contributed by atoms with E-state index in [0.717, 1.165) is 31.2 Å². The number of aliphatic hydroxyl groups is 1. The standard InChI is InChI=1S/C23H30FN3O4/c1-14(28)19-8-7-15(12-31-19)25-20(29)17-11-23(22(26-17)9-4-10-22)16-5-2-3-6-18(16)27(13-24)21(23)30/h2-3,5-6,14-15,17,19,26,28H,4,7-13H2,1H3,(H,25,29)/t14-,15-,17?,19+,23?/m1/s1. The van der Waals surface area contributed by atoms with E-state index < -0.39 is 29.9 Å². The SMILES string of the molecule is C[C@@H](O)[C@@H]1CC[C@@H](NC(=O)C2CC3(C(=O)N(CF)c4ccccc43)C3(CCC3)N2)CO1. The summed E-state index contributed by atoms with van der Waals surface area (Å²) in [5.41, 5.74) is 0.0399. The number of alkyl halides is 1. The highest BCUT2D eigenvalue weighted by atomic mass is 19.1. The normalized spacial score (nSPS) is 34.6. The average molecular weight is 432 g/mol. The Bertz CT molecular complexity index is 881. The zero-order valence-corrected chi connectivity index (χ0v) is 17.8. The van der Waals surface area contributed by atoms with E-state index in [1.54, 1.807) is 13.0 Å². The Morgan fingerprint density at radius 3 is 2.77 bits per heavy atom. The second kappa shape index (κ2) is 7.53. The van der Waals surface area contributed by atoms with Crippen molar-refractivity contribution in [3.05, 3.63) is 29.8 Å². The summed E-state index contributed by atoms with van der Waals surface area (Å²) >= 11 is 0. The van der Waals surface area contributed by atoms with E-state index in [1.807, 2.05) is 18.2 Å². The Morgan fingerprint density at radius 1 is 1.39 bits per heavy atom. The van der Waals surface area contributed by atoms with Gasteiger partial charge in [-0.15, -0.1) is 0 Å². The molecule has 2 saturated heterocycles. The number of carbonyl (C=O) groups is 2. The first-order valence-corrected chi connectivity index (χ1v) is 11.3. The molecule has 1 aromatic carbocycles. The van der Waals surface area contributed by atoms with E-state index in [1.165, 1.54) is 4.90 Å². The number of ether oxygens (including phenoxy) is 1. The molecule has 3 heterocycles. The third kappa shape index (κ3) is 2.95. The van der Waals surface area contributed by atoms with Crippen LogP contribution < -0.4 is 15.5 Å². The van der Waals surface area contributed by atoms with E-state index in [2.05, 4.69) is 10.6 Å². The summed E-state index contributed by atoms with van der Waals surface area (Å²) in [5, 5.41) is 16.3. The van der Waals surface area contributed by atoms with Crippen LogP contribution in [0.5, 0.6) is 0 Å². The van der Waals surface area contributed by atoms with Gasteiger partial charge in [0.05, 0.1) is 42.0 Å². The fraction of sp³-hybridized carbons (Fsp3) is 0.652. The Balaban J connectivity index is 1.38. The molecule has 1 saturated carbocycles. The van der Waals surface area contributed by atoms with Crippen molar-refractivity contribution in [1.82, 2.24) is 10.6 Å². The summed E-state index contributed by atoms with van der Waals surface area (Å²) in [6.07, 6.45) is 3.59. The van der Waals surface area contributed by atoms with Gasteiger partial charge in [0.15, 0.2) is 6.80 Å². The van der Waals surface area contributed by atoms with Gasteiger partial charge in [-0.3, -0.25) is 19.8 Å². The highest BCUT2D eigenvalue weighted by molar-refractivity contribution is 6.10. The van der Waals surface area contributed by atoms with Crippen LogP contribution in [0, 0.1) is 0 Å². The van der Waals surface area contributed by atoms with Crippen LogP contribution >= 0.6 is 0 Å². The van der Waals surface area contributed by atoms with Crippen molar-refractivity contribution in [2.24, 2.45) is 0 Å². The number of carbonyl (C=O) groups excluding carboxylic acids is 2. The third-order valence-corrected chi connectivity index (χ3v) is 7.88. The molecule has 8 heteroatoms. The second-order valence-electron chi connectivity index (χ2n) is 9.51. The monoisotopic (exact) mass is 431 g/mol. The number of nitrogens with one attached hydrogen (secondary N) is 2. The first kappa shape index (κ1) is 20.8. The number of nitrogens with zero attached hydrogens (tertiary/aromatic N) is 1. The van der Waals surface area contributed by atoms with E-state index in [4.69, 9.17) is 4.74 Å². The number of anilines is 1. The van der Waals surface area contributed by atoms with Crippen LogP contribution in [0.1, 0.15) is 51.0 Å². The van der Waals surface area contributed by atoms with E-state index in [9.17, 15) is 19.1 Å². The van der Waals surface area contributed by atoms with Gasteiger partial charge >= 0.3 is 0 Å². The highest BCUT2D eigenvalue weighted by Gasteiger charge is 2.70. The average Bonchev–Trinajstić information content (AvgIpc) is 3.23. The number of hydrogen-bond acceptors (Lipinski definition) is 5. The van der Waals surface area contributed by atoms with Crippen LogP contribution in [-0.4, -0.2) is 60.2 Å². The molecule has 2 unspecified atom stereocenters. The maximum Gasteiger partial charge on any atom is 0.241 e. The lowest BCUT2D eigenvalue weighted by atomic mass is 9.57. The highest BCUT2D eigenvalue weighted by Crippen LogP contribution is 2.60. The fourth-order valence-corrected chi connectivity index (χ4v) is 6.14. The zero-order chi connectivity index (χ0) is 21.8. The van der Waals surface area contributed by atoms with Gasteiger partial charge in [0, 0.05) is 5.54 Å². The lowest BCUT2D eigenvalue weighted by Crippen LogP contribution is -2.63. The van der Waals surface area contributed by atoms with Crippen LogP contribution in [0.25, 0.3) is 0 Å². The number of rotatable bonds is 4. The molecule has 0 radical (unpaired) electrons. The van der Waals surface area contributed by atoms with Gasteiger partial charge in [0.25, 0.3) is 0 Å². The van der Waals surface area contributed by atoms with Crippen LogP contribution in [0.2, 0.25) is 0 Å². The molecule has 2 amide bonds. The molecular formula is C23H30FN3O4. The lowest BCUT2D eigenvalue weighted by Gasteiger charge is -2.49. The van der Waals surface area contributed by atoms with Crippen molar-refractivity contribution in [1.29, 1.82) is 0 Å². The molecule has 3 N–H and O–H groups in total. The summed E-state index contributed by atoms with van der Waals surface area (Å²) in [7, 11) is 0. The van der Waals surface area contributed by atoms with Crippen LogP contribution in [0.4, 0.5) is 10.1 Å². The van der Waals surface area contributed by atoms with Crippen molar-refractivity contribution in [3.8, 4) is 0 Å². The summed E-state index contributed by atoms with van der Waals surface area (Å²) < 4.78 is 19.6. The van der Waals surface area contributed by atoms with Gasteiger partial charge in [-0.2, -0.15) is 0 Å². The molecule has 0 aromatic heterocycles. The Hall–Kier alpha value is -2.03. The first-order chi connectivity index (χ1) is 14.9. The van der Waals surface area contributed by atoms with Gasteiger partial charge in [-0.1, -0.05) is 18.2 Å². The van der Waals surface area contributed by atoms with Crippen molar-refractivity contribution in [2.75, 3.05) is 18.3 Å².